The molecule has 0 spiro atoms. The monoisotopic (exact) mass is 332 g/mol. The lowest BCUT2D eigenvalue weighted by Gasteiger charge is -2.35. The average molecular weight is 333 g/mol. The van der Waals surface area contributed by atoms with Gasteiger partial charge in [0.05, 0.1) is 0 Å². The Kier molecular flexibility index (Phi) is 7.06. The van der Waals surface area contributed by atoms with Crippen molar-refractivity contribution in [3.05, 3.63) is 60.2 Å². The van der Waals surface area contributed by atoms with Crippen LogP contribution in [0.4, 0.5) is 0 Å². The molecule has 1 heterocycles. The van der Waals surface area contributed by atoms with Crippen molar-refractivity contribution in [1.82, 2.24) is 10.2 Å². The molecular formula is C19H25ClN2O. The molecule has 124 valence electrons. The minimum absolute atomic E-state index is 0. The fourth-order valence-corrected chi connectivity index (χ4v) is 3.23. The normalized spacial score (nSPS) is 16.6. The Bertz CT molecular complexity index is 585. The number of hydrogen-bond donors (Lipinski definition) is 2. The van der Waals surface area contributed by atoms with Crippen molar-refractivity contribution in [2.75, 3.05) is 32.8 Å². The van der Waals surface area contributed by atoms with Crippen LogP contribution in [0.1, 0.15) is 18.0 Å². The van der Waals surface area contributed by atoms with Gasteiger partial charge in [0.25, 0.3) is 0 Å². The Morgan fingerprint density at radius 2 is 1.65 bits per heavy atom. The highest BCUT2D eigenvalue weighted by Gasteiger charge is 2.21. The summed E-state index contributed by atoms with van der Waals surface area (Å²) >= 11 is 0. The van der Waals surface area contributed by atoms with E-state index in [1.807, 2.05) is 6.07 Å². The second kappa shape index (κ2) is 9.04. The van der Waals surface area contributed by atoms with Gasteiger partial charge in [-0.05, 0) is 29.2 Å². The number of aliphatic hydroxyl groups excluding tert-OH is 1. The molecule has 0 unspecified atom stereocenters. The summed E-state index contributed by atoms with van der Waals surface area (Å²) in [6.07, 6.45) is 0.790. The van der Waals surface area contributed by atoms with Gasteiger partial charge in [0.2, 0.25) is 0 Å². The number of halogens is 1. The zero-order valence-electron chi connectivity index (χ0n) is 13.3. The maximum Gasteiger partial charge on any atom is 0.0449 e. The molecule has 1 aliphatic rings. The second-order valence-electron chi connectivity index (χ2n) is 5.81. The highest BCUT2D eigenvalue weighted by Crippen LogP contribution is 2.28. The average Bonchev–Trinajstić information content (AvgIpc) is 2.61. The highest BCUT2D eigenvalue weighted by molar-refractivity contribution is 5.85. The fourth-order valence-electron chi connectivity index (χ4n) is 3.23. The summed E-state index contributed by atoms with van der Waals surface area (Å²) in [5.74, 6) is 0. The van der Waals surface area contributed by atoms with Crippen LogP contribution in [0.15, 0.2) is 54.6 Å². The van der Waals surface area contributed by atoms with Crippen LogP contribution in [-0.4, -0.2) is 42.8 Å². The summed E-state index contributed by atoms with van der Waals surface area (Å²) < 4.78 is 0. The van der Waals surface area contributed by atoms with E-state index in [9.17, 15) is 5.11 Å². The lowest BCUT2D eigenvalue weighted by Crippen LogP contribution is -2.45. The van der Waals surface area contributed by atoms with Crippen molar-refractivity contribution in [1.29, 1.82) is 0 Å². The van der Waals surface area contributed by atoms with Gasteiger partial charge in [-0.2, -0.15) is 0 Å². The van der Waals surface area contributed by atoms with Crippen LogP contribution >= 0.6 is 12.4 Å². The van der Waals surface area contributed by atoms with Crippen LogP contribution in [0.5, 0.6) is 0 Å². The Morgan fingerprint density at radius 3 is 2.35 bits per heavy atom. The minimum atomic E-state index is 0. The fraction of sp³-hybridized carbons (Fsp3) is 0.368. The largest absolute Gasteiger partial charge is 0.396 e. The predicted octanol–water partition coefficient (Wildman–Crippen LogP) is 3.10. The summed E-state index contributed by atoms with van der Waals surface area (Å²) in [4.78, 5) is 2.48. The van der Waals surface area contributed by atoms with Gasteiger partial charge in [0.1, 0.15) is 0 Å². The molecule has 1 fully saturated rings. The Labute approximate surface area is 144 Å². The number of nitrogens with one attached hydrogen (secondary N) is 1. The van der Waals surface area contributed by atoms with Crippen molar-refractivity contribution < 1.29 is 5.11 Å². The van der Waals surface area contributed by atoms with Crippen molar-refractivity contribution in [2.45, 2.75) is 12.5 Å². The third-order valence-electron chi connectivity index (χ3n) is 4.37. The molecule has 0 aliphatic carbocycles. The van der Waals surface area contributed by atoms with E-state index < -0.39 is 0 Å². The molecule has 23 heavy (non-hydrogen) atoms. The van der Waals surface area contributed by atoms with Gasteiger partial charge in [-0.1, -0.05) is 48.5 Å². The van der Waals surface area contributed by atoms with Crippen LogP contribution in [0, 0.1) is 0 Å². The van der Waals surface area contributed by atoms with E-state index >= 15 is 0 Å². The molecule has 2 aromatic carbocycles. The van der Waals surface area contributed by atoms with Gasteiger partial charge in [-0.25, -0.2) is 0 Å². The quantitative estimate of drug-likeness (QED) is 0.883. The smallest absolute Gasteiger partial charge is 0.0449 e. The third kappa shape index (κ3) is 4.55. The number of piperazine rings is 1. The van der Waals surface area contributed by atoms with E-state index in [0.29, 0.717) is 6.04 Å². The van der Waals surface area contributed by atoms with E-state index in [2.05, 4.69) is 58.7 Å². The van der Waals surface area contributed by atoms with Crippen LogP contribution in [0.2, 0.25) is 0 Å². The maximum absolute atomic E-state index is 9.47. The number of nitrogens with zero attached hydrogens (tertiary/aromatic N) is 1. The summed E-state index contributed by atoms with van der Waals surface area (Å²) in [5.41, 5.74) is 3.79. The van der Waals surface area contributed by atoms with E-state index in [-0.39, 0.29) is 19.0 Å². The topological polar surface area (TPSA) is 35.5 Å². The molecule has 0 bridgehead atoms. The number of hydrogen-bond acceptors (Lipinski definition) is 3. The molecule has 1 saturated heterocycles. The zero-order chi connectivity index (χ0) is 15.2. The third-order valence-corrected chi connectivity index (χ3v) is 4.37. The summed E-state index contributed by atoms with van der Waals surface area (Å²) in [6, 6.07) is 19.5. The van der Waals surface area contributed by atoms with Crippen LogP contribution in [0.25, 0.3) is 11.1 Å². The lowest BCUT2D eigenvalue weighted by atomic mass is 9.96. The van der Waals surface area contributed by atoms with E-state index in [4.69, 9.17) is 0 Å². The Hall–Kier alpha value is -1.39. The van der Waals surface area contributed by atoms with Gasteiger partial charge >= 0.3 is 0 Å². The van der Waals surface area contributed by atoms with Crippen LogP contribution in [0.3, 0.4) is 0 Å². The van der Waals surface area contributed by atoms with Crippen molar-refractivity contribution in [3.63, 3.8) is 0 Å². The second-order valence-corrected chi connectivity index (χ2v) is 5.81. The van der Waals surface area contributed by atoms with Gasteiger partial charge in [0.15, 0.2) is 0 Å². The number of rotatable bonds is 5. The van der Waals surface area contributed by atoms with Crippen molar-refractivity contribution in [2.24, 2.45) is 0 Å². The number of benzene rings is 2. The minimum Gasteiger partial charge on any atom is -0.396 e. The molecule has 2 aromatic rings. The molecule has 0 radical (unpaired) electrons. The van der Waals surface area contributed by atoms with Gasteiger partial charge in [-0.15, -0.1) is 12.4 Å². The van der Waals surface area contributed by atoms with Crippen LogP contribution in [-0.2, 0) is 0 Å². The predicted molar refractivity (Wildman–Crippen MR) is 98.0 cm³/mol. The first kappa shape index (κ1) is 18.0. The summed E-state index contributed by atoms with van der Waals surface area (Å²) in [6.45, 7) is 4.37. The molecule has 1 aliphatic heterocycles. The van der Waals surface area contributed by atoms with Gasteiger partial charge in [0, 0.05) is 38.8 Å². The molecule has 0 aromatic heterocycles. The SMILES string of the molecule is Cl.OCC[C@@H](c1cccc(-c2ccccc2)c1)N1CCNCC1. The van der Waals surface area contributed by atoms with E-state index in [1.54, 1.807) is 0 Å². The Balaban J connectivity index is 0.00000192. The molecule has 3 nitrogen and oxygen atoms in total. The first-order valence-corrected chi connectivity index (χ1v) is 8.09. The molecule has 3 rings (SSSR count). The zero-order valence-corrected chi connectivity index (χ0v) is 14.1. The molecule has 4 heteroatoms. The standard InChI is InChI=1S/C19H24N2O.ClH/c22-14-9-19(21-12-10-20-11-13-21)18-8-4-7-17(15-18)16-5-2-1-3-6-16;/h1-8,15,19-20,22H,9-14H2;1H/t19-;/m0./s1. The molecule has 0 saturated carbocycles. The maximum atomic E-state index is 9.47. The van der Waals surface area contributed by atoms with E-state index in [0.717, 1.165) is 32.6 Å². The van der Waals surface area contributed by atoms with Crippen LogP contribution < -0.4 is 5.32 Å². The summed E-state index contributed by atoms with van der Waals surface area (Å²) in [5, 5.41) is 12.9. The van der Waals surface area contributed by atoms with Gasteiger partial charge in [-0.3, -0.25) is 4.90 Å². The lowest BCUT2D eigenvalue weighted by molar-refractivity contribution is 0.141. The first-order valence-electron chi connectivity index (χ1n) is 8.09. The molecule has 0 amide bonds. The molecule has 1 atom stereocenters. The van der Waals surface area contributed by atoms with Crippen molar-refractivity contribution >= 4 is 12.4 Å². The first-order chi connectivity index (χ1) is 10.9. The summed E-state index contributed by atoms with van der Waals surface area (Å²) in [7, 11) is 0. The van der Waals surface area contributed by atoms with E-state index in [1.165, 1.54) is 16.7 Å². The molecular weight excluding hydrogens is 308 g/mol. The highest BCUT2D eigenvalue weighted by atomic mass is 35.5. The number of aliphatic hydroxyl groups is 1. The molecule has 2 N–H and O–H groups in total. The van der Waals surface area contributed by atoms with Gasteiger partial charge < -0.3 is 10.4 Å². The van der Waals surface area contributed by atoms with Crippen molar-refractivity contribution in [3.8, 4) is 11.1 Å². The Morgan fingerprint density at radius 1 is 0.957 bits per heavy atom.